The standard InChI is InChI=1S/C12H13N7/c1-19(7-8-4-2-3-5-14-8)11-9-6-15-18-10(9)16-12(13)17-11/h2-6H,7H2,1H3,(H3,13,15,16,17,18). The van der Waals surface area contributed by atoms with E-state index < -0.39 is 0 Å². The Morgan fingerprint density at radius 1 is 1.32 bits per heavy atom. The fraction of sp³-hybridized carbons (Fsp3) is 0.167. The maximum absolute atomic E-state index is 5.70. The maximum atomic E-state index is 5.70. The minimum atomic E-state index is 0.222. The zero-order valence-corrected chi connectivity index (χ0v) is 10.4. The highest BCUT2D eigenvalue weighted by Crippen LogP contribution is 2.22. The second-order valence-corrected chi connectivity index (χ2v) is 4.21. The summed E-state index contributed by atoms with van der Waals surface area (Å²) in [7, 11) is 1.93. The van der Waals surface area contributed by atoms with Crippen molar-refractivity contribution < 1.29 is 0 Å². The van der Waals surface area contributed by atoms with Crippen LogP contribution in [0.2, 0.25) is 0 Å². The molecule has 0 atom stereocenters. The predicted molar refractivity (Wildman–Crippen MR) is 72.4 cm³/mol. The van der Waals surface area contributed by atoms with Gasteiger partial charge in [-0.25, -0.2) is 0 Å². The van der Waals surface area contributed by atoms with Gasteiger partial charge in [-0.2, -0.15) is 15.1 Å². The number of aromatic amines is 1. The van der Waals surface area contributed by atoms with Gasteiger partial charge in [0.25, 0.3) is 0 Å². The predicted octanol–water partition coefficient (Wildman–Crippen LogP) is 0.966. The van der Waals surface area contributed by atoms with Gasteiger partial charge in [0.05, 0.1) is 23.8 Å². The number of pyridine rings is 1. The highest BCUT2D eigenvalue weighted by atomic mass is 15.2. The molecule has 0 saturated carbocycles. The van der Waals surface area contributed by atoms with Gasteiger partial charge in [0.2, 0.25) is 5.95 Å². The van der Waals surface area contributed by atoms with Crippen molar-refractivity contribution in [1.82, 2.24) is 25.1 Å². The van der Waals surface area contributed by atoms with E-state index in [0.29, 0.717) is 12.2 Å². The highest BCUT2D eigenvalue weighted by Gasteiger charge is 2.12. The van der Waals surface area contributed by atoms with Gasteiger partial charge in [-0.1, -0.05) is 6.07 Å². The molecule has 3 aromatic heterocycles. The summed E-state index contributed by atoms with van der Waals surface area (Å²) in [5, 5.41) is 7.60. The monoisotopic (exact) mass is 255 g/mol. The van der Waals surface area contributed by atoms with E-state index in [-0.39, 0.29) is 5.95 Å². The van der Waals surface area contributed by atoms with E-state index in [1.54, 1.807) is 12.4 Å². The van der Waals surface area contributed by atoms with E-state index in [1.165, 1.54) is 0 Å². The average molecular weight is 255 g/mol. The molecule has 3 aromatic rings. The molecule has 0 aliphatic rings. The molecule has 0 aliphatic carbocycles. The first-order valence-corrected chi connectivity index (χ1v) is 5.81. The lowest BCUT2D eigenvalue weighted by atomic mass is 10.3. The van der Waals surface area contributed by atoms with Crippen molar-refractivity contribution in [2.24, 2.45) is 0 Å². The molecule has 0 bridgehead atoms. The first-order valence-electron chi connectivity index (χ1n) is 5.81. The first kappa shape index (κ1) is 11.4. The second kappa shape index (κ2) is 4.52. The Bertz CT molecular complexity index is 692. The normalized spacial score (nSPS) is 10.8. The summed E-state index contributed by atoms with van der Waals surface area (Å²) in [5.74, 6) is 0.960. The lowest BCUT2D eigenvalue weighted by molar-refractivity contribution is 0.869. The molecule has 0 spiro atoms. The van der Waals surface area contributed by atoms with Crippen LogP contribution in [0, 0.1) is 0 Å². The molecule has 3 N–H and O–H groups in total. The van der Waals surface area contributed by atoms with Crippen molar-refractivity contribution in [2.75, 3.05) is 17.7 Å². The summed E-state index contributed by atoms with van der Waals surface area (Å²) in [6.45, 7) is 0.636. The molecule has 0 radical (unpaired) electrons. The third-order valence-electron chi connectivity index (χ3n) is 2.79. The van der Waals surface area contributed by atoms with Crippen LogP contribution in [0.15, 0.2) is 30.6 Å². The number of anilines is 2. The van der Waals surface area contributed by atoms with Crippen molar-refractivity contribution in [1.29, 1.82) is 0 Å². The van der Waals surface area contributed by atoms with Crippen LogP contribution in [0.3, 0.4) is 0 Å². The summed E-state index contributed by atoms with van der Waals surface area (Å²) >= 11 is 0. The number of rotatable bonds is 3. The summed E-state index contributed by atoms with van der Waals surface area (Å²) in [6.07, 6.45) is 3.46. The van der Waals surface area contributed by atoms with E-state index in [0.717, 1.165) is 16.9 Å². The van der Waals surface area contributed by atoms with Crippen LogP contribution in [0.25, 0.3) is 11.0 Å². The van der Waals surface area contributed by atoms with E-state index in [9.17, 15) is 0 Å². The van der Waals surface area contributed by atoms with Crippen LogP contribution >= 0.6 is 0 Å². The molecule has 3 rings (SSSR count). The molecule has 96 valence electrons. The Kier molecular flexibility index (Phi) is 2.71. The summed E-state index contributed by atoms with van der Waals surface area (Å²) in [5.41, 5.74) is 7.29. The van der Waals surface area contributed by atoms with Gasteiger partial charge in [0, 0.05) is 13.2 Å². The molecule has 7 nitrogen and oxygen atoms in total. The number of nitrogens with two attached hydrogens (primary N) is 1. The van der Waals surface area contributed by atoms with E-state index in [1.807, 2.05) is 30.1 Å². The van der Waals surface area contributed by atoms with Gasteiger partial charge in [0.15, 0.2) is 5.65 Å². The molecule has 7 heteroatoms. The zero-order valence-electron chi connectivity index (χ0n) is 10.4. The molecule has 19 heavy (non-hydrogen) atoms. The Morgan fingerprint density at radius 3 is 3.00 bits per heavy atom. The summed E-state index contributed by atoms with van der Waals surface area (Å²) < 4.78 is 0. The van der Waals surface area contributed by atoms with Crippen molar-refractivity contribution in [2.45, 2.75) is 6.54 Å². The third kappa shape index (κ3) is 2.17. The molecule has 0 amide bonds. The number of nitrogens with zero attached hydrogens (tertiary/aromatic N) is 5. The Morgan fingerprint density at radius 2 is 2.21 bits per heavy atom. The smallest absolute Gasteiger partial charge is 0.224 e. The number of fused-ring (bicyclic) bond motifs is 1. The van der Waals surface area contributed by atoms with Gasteiger partial charge >= 0.3 is 0 Å². The van der Waals surface area contributed by atoms with Crippen LogP contribution < -0.4 is 10.6 Å². The van der Waals surface area contributed by atoms with Crippen LogP contribution in [-0.2, 0) is 6.54 Å². The lowest BCUT2D eigenvalue weighted by Crippen LogP contribution is -2.19. The Labute approximate surface area is 109 Å². The van der Waals surface area contributed by atoms with Crippen LogP contribution in [-0.4, -0.2) is 32.2 Å². The lowest BCUT2D eigenvalue weighted by Gasteiger charge is -2.18. The largest absolute Gasteiger partial charge is 0.368 e. The van der Waals surface area contributed by atoms with E-state index in [4.69, 9.17) is 5.73 Å². The van der Waals surface area contributed by atoms with E-state index in [2.05, 4.69) is 25.1 Å². The molecule has 0 aliphatic heterocycles. The minimum absolute atomic E-state index is 0.222. The Hall–Kier alpha value is -2.70. The fourth-order valence-electron chi connectivity index (χ4n) is 1.94. The third-order valence-corrected chi connectivity index (χ3v) is 2.79. The molecular weight excluding hydrogens is 242 g/mol. The molecule has 0 unspecified atom stereocenters. The quantitative estimate of drug-likeness (QED) is 0.723. The van der Waals surface area contributed by atoms with Gasteiger partial charge in [-0.3, -0.25) is 10.1 Å². The number of nitrogens with one attached hydrogen (secondary N) is 1. The SMILES string of the molecule is CN(Cc1ccccn1)c1nc(N)nc2[nH]ncc12. The van der Waals surface area contributed by atoms with Gasteiger partial charge in [-0.15, -0.1) is 0 Å². The van der Waals surface area contributed by atoms with Crippen LogP contribution in [0.4, 0.5) is 11.8 Å². The highest BCUT2D eigenvalue weighted by molar-refractivity contribution is 5.87. The molecule has 0 saturated heterocycles. The Balaban J connectivity index is 1.97. The molecule has 0 aromatic carbocycles. The van der Waals surface area contributed by atoms with Crippen molar-refractivity contribution in [3.05, 3.63) is 36.3 Å². The molecular formula is C12H13N7. The first-order chi connectivity index (χ1) is 9.24. The van der Waals surface area contributed by atoms with Gasteiger partial charge in [0.1, 0.15) is 5.82 Å². The topological polar surface area (TPSA) is 96.6 Å². The van der Waals surface area contributed by atoms with Crippen molar-refractivity contribution >= 4 is 22.8 Å². The number of nitrogen functional groups attached to an aromatic ring is 1. The van der Waals surface area contributed by atoms with E-state index >= 15 is 0 Å². The zero-order chi connectivity index (χ0) is 13.2. The van der Waals surface area contributed by atoms with Crippen LogP contribution in [0.5, 0.6) is 0 Å². The number of aromatic nitrogens is 5. The summed E-state index contributed by atoms with van der Waals surface area (Å²) in [6, 6.07) is 5.81. The van der Waals surface area contributed by atoms with Crippen LogP contribution in [0.1, 0.15) is 5.69 Å². The van der Waals surface area contributed by atoms with Crippen molar-refractivity contribution in [3.63, 3.8) is 0 Å². The number of hydrogen-bond donors (Lipinski definition) is 2. The number of H-pyrrole nitrogens is 1. The van der Waals surface area contributed by atoms with Crippen molar-refractivity contribution in [3.8, 4) is 0 Å². The second-order valence-electron chi connectivity index (χ2n) is 4.21. The molecule has 3 heterocycles. The molecule has 0 fully saturated rings. The average Bonchev–Trinajstić information content (AvgIpc) is 2.86. The maximum Gasteiger partial charge on any atom is 0.224 e. The summed E-state index contributed by atoms with van der Waals surface area (Å²) in [4.78, 5) is 14.6. The fourth-order valence-corrected chi connectivity index (χ4v) is 1.94. The minimum Gasteiger partial charge on any atom is -0.368 e. The number of hydrogen-bond acceptors (Lipinski definition) is 6. The van der Waals surface area contributed by atoms with Gasteiger partial charge in [-0.05, 0) is 12.1 Å². The van der Waals surface area contributed by atoms with Gasteiger partial charge < -0.3 is 10.6 Å².